The number of rotatable bonds is 0. The van der Waals surface area contributed by atoms with Crippen LogP contribution in [0.1, 0.15) is 0 Å². The van der Waals surface area contributed by atoms with E-state index in [2.05, 4.69) is 0 Å². The van der Waals surface area contributed by atoms with Crippen LogP contribution in [0.15, 0.2) is 24.3 Å². The molecule has 0 amide bonds. The van der Waals surface area contributed by atoms with Crippen molar-refractivity contribution < 1.29 is 9.59 Å². The number of halogens is 1. The van der Waals surface area contributed by atoms with Gasteiger partial charge in [0.15, 0.2) is 11.6 Å². The van der Waals surface area contributed by atoms with Crippen LogP contribution in [0, 0.1) is 0 Å². The van der Waals surface area contributed by atoms with E-state index >= 15 is 0 Å². The van der Waals surface area contributed by atoms with Gasteiger partial charge in [0.05, 0.1) is 0 Å². The van der Waals surface area contributed by atoms with Gasteiger partial charge < -0.3 is 0 Å². The first kappa shape index (κ1) is 8.55. The lowest BCUT2D eigenvalue weighted by atomic mass is 10.2. The third kappa shape index (κ3) is 2.55. The van der Waals surface area contributed by atoms with Crippen LogP contribution in [0.3, 0.4) is 0 Å². The molecule has 0 unspecified atom stereocenters. The van der Waals surface area contributed by atoms with Crippen molar-refractivity contribution in [2.45, 2.75) is 0 Å². The molecule has 0 aromatic rings. The Morgan fingerprint density at radius 3 is 1.22 bits per heavy atom. The summed E-state index contributed by atoms with van der Waals surface area (Å²) in [6, 6.07) is 0. The summed E-state index contributed by atoms with van der Waals surface area (Å²) in [5, 5.41) is 0. The van der Waals surface area contributed by atoms with Crippen LogP contribution in [0.2, 0.25) is 0 Å². The molecule has 0 saturated carbocycles. The first-order valence-electron chi connectivity index (χ1n) is 2.23. The molecule has 1 rings (SSSR count). The maximum absolute atomic E-state index is 10.3. The second-order valence-electron chi connectivity index (χ2n) is 1.47. The Bertz CT molecular complexity index is 153. The van der Waals surface area contributed by atoms with Crippen molar-refractivity contribution in [3.8, 4) is 0 Å². The van der Waals surface area contributed by atoms with Crippen LogP contribution in [-0.4, -0.2) is 11.6 Å². The molecule has 0 atom stereocenters. The number of hydrogen-bond acceptors (Lipinski definition) is 2. The molecule has 0 aromatic carbocycles. The first-order chi connectivity index (χ1) is 3.79. The highest BCUT2D eigenvalue weighted by molar-refractivity contribution is 14.0. The summed E-state index contributed by atoms with van der Waals surface area (Å²) in [6.45, 7) is 0. The molecule has 0 radical (unpaired) electrons. The molecule has 0 bridgehead atoms. The zero-order valence-corrected chi connectivity index (χ0v) is 6.86. The molecule has 1 aliphatic rings. The SMILES string of the molecule is I.O=C1C=CC(=O)C=C1. The molecular weight excluding hydrogens is 231 g/mol. The monoisotopic (exact) mass is 236 g/mol. The summed E-state index contributed by atoms with van der Waals surface area (Å²) < 4.78 is 0. The van der Waals surface area contributed by atoms with Crippen LogP contribution < -0.4 is 0 Å². The lowest BCUT2D eigenvalue weighted by molar-refractivity contribution is -0.113. The lowest BCUT2D eigenvalue weighted by Gasteiger charge is -1.87. The van der Waals surface area contributed by atoms with E-state index < -0.39 is 0 Å². The Morgan fingerprint density at radius 1 is 0.778 bits per heavy atom. The van der Waals surface area contributed by atoms with Gasteiger partial charge in [-0.3, -0.25) is 9.59 Å². The fourth-order valence-electron chi connectivity index (χ4n) is 0.440. The summed E-state index contributed by atoms with van der Waals surface area (Å²) in [5.41, 5.74) is 0. The van der Waals surface area contributed by atoms with E-state index in [4.69, 9.17) is 0 Å². The Morgan fingerprint density at radius 2 is 1.00 bits per heavy atom. The molecule has 1 aliphatic carbocycles. The van der Waals surface area contributed by atoms with Crippen molar-refractivity contribution in [2.24, 2.45) is 0 Å². The van der Waals surface area contributed by atoms with E-state index in [1.165, 1.54) is 24.3 Å². The second kappa shape index (κ2) is 3.55. The van der Waals surface area contributed by atoms with Crippen molar-refractivity contribution >= 4 is 35.5 Å². The maximum atomic E-state index is 10.3. The van der Waals surface area contributed by atoms with E-state index in [0.29, 0.717) is 0 Å². The molecule has 0 N–H and O–H groups in total. The largest absolute Gasteiger partial charge is 0.290 e. The quantitative estimate of drug-likeness (QED) is 0.462. The highest BCUT2D eigenvalue weighted by Gasteiger charge is 1.97. The molecule has 9 heavy (non-hydrogen) atoms. The number of allylic oxidation sites excluding steroid dienone is 4. The van der Waals surface area contributed by atoms with Gasteiger partial charge in [-0.1, -0.05) is 0 Å². The Balaban J connectivity index is 0.000000640. The average Bonchev–Trinajstić information content (AvgIpc) is 1.77. The van der Waals surface area contributed by atoms with Crippen molar-refractivity contribution in [1.29, 1.82) is 0 Å². The number of carbonyl (C=O) groups excluding carboxylic acids is 2. The van der Waals surface area contributed by atoms with Crippen molar-refractivity contribution in [3.05, 3.63) is 24.3 Å². The summed E-state index contributed by atoms with van der Waals surface area (Å²) in [4.78, 5) is 20.6. The lowest BCUT2D eigenvalue weighted by Crippen LogP contribution is -1.97. The third-order valence-electron chi connectivity index (χ3n) is 0.824. The minimum atomic E-state index is -0.121. The van der Waals surface area contributed by atoms with E-state index in [0.717, 1.165) is 0 Å². The Labute approximate surface area is 69.6 Å². The zero-order valence-electron chi connectivity index (χ0n) is 4.53. The summed E-state index contributed by atoms with van der Waals surface area (Å²) in [5.74, 6) is -0.241. The van der Waals surface area contributed by atoms with E-state index in [9.17, 15) is 9.59 Å². The number of carbonyl (C=O) groups is 2. The molecule has 0 fully saturated rings. The van der Waals surface area contributed by atoms with Gasteiger partial charge >= 0.3 is 0 Å². The standard InChI is InChI=1S/C6H4O2.HI/c7-5-1-2-6(8)4-3-5;/h1-4H;1H. The number of hydrogen-bond donors (Lipinski definition) is 0. The smallest absolute Gasteiger partial charge is 0.178 e. The predicted molar refractivity (Wildman–Crippen MR) is 43.7 cm³/mol. The minimum Gasteiger partial charge on any atom is -0.290 e. The van der Waals surface area contributed by atoms with E-state index in [1.807, 2.05) is 0 Å². The fourth-order valence-corrected chi connectivity index (χ4v) is 0.440. The predicted octanol–water partition coefficient (Wildman–Crippen LogP) is 0.869. The Hall–Kier alpha value is -0.450. The molecule has 0 heterocycles. The van der Waals surface area contributed by atoms with Gasteiger partial charge in [-0.25, -0.2) is 0 Å². The van der Waals surface area contributed by atoms with Gasteiger partial charge in [0, 0.05) is 0 Å². The first-order valence-corrected chi connectivity index (χ1v) is 2.23. The van der Waals surface area contributed by atoms with Crippen LogP contribution >= 0.6 is 24.0 Å². The highest BCUT2D eigenvalue weighted by Crippen LogP contribution is 1.90. The van der Waals surface area contributed by atoms with E-state index in [1.54, 1.807) is 0 Å². The highest BCUT2D eigenvalue weighted by atomic mass is 127. The van der Waals surface area contributed by atoms with Crippen LogP contribution in [0.5, 0.6) is 0 Å². The van der Waals surface area contributed by atoms with Crippen molar-refractivity contribution in [1.82, 2.24) is 0 Å². The van der Waals surface area contributed by atoms with Crippen LogP contribution in [0.25, 0.3) is 0 Å². The molecule has 3 heteroatoms. The zero-order chi connectivity index (χ0) is 5.98. The van der Waals surface area contributed by atoms with E-state index in [-0.39, 0.29) is 35.5 Å². The van der Waals surface area contributed by atoms with Crippen molar-refractivity contribution in [2.75, 3.05) is 0 Å². The van der Waals surface area contributed by atoms with Gasteiger partial charge in [0.25, 0.3) is 0 Å². The normalized spacial score (nSPS) is 15.6. The van der Waals surface area contributed by atoms with Crippen LogP contribution in [-0.2, 0) is 9.59 Å². The van der Waals surface area contributed by atoms with Gasteiger partial charge in [-0.15, -0.1) is 24.0 Å². The van der Waals surface area contributed by atoms with Gasteiger partial charge in [0.1, 0.15) is 0 Å². The Kier molecular flexibility index (Phi) is 3.37. The van der Waals surface area contributed by atoms with Crippen molar-refractivity contribution in [3.63, 3.8) is 0 Å². The second-order valence-corrected chi connectivity index (χ2v) is 1.47. The molecule has 0 aliphatic heterocycles. The van der Waals surface area contributed by atoms with Crippen LogP contribution in [0.4, 0.5) is 0 Å². The molecule has 0 spiro atoms. The molecule has 48 valence electrons. The fraction of sp³-hybridized carbons (Fsp3) is 0. The number of ketones is 2. The molecular formula is C6H5IO2. The third-order valence-corrected chi connectivity index (χ3v) is 0.824. The summed E-state index contributed by atoms with van der Waals surface area (Å²) in [7, 11) is 0. The minimum absolute atomic E-state index is 0. The molecule has 0 aromatic heterocycles. The molecule has 2 nitrogen and oxygen atoms in total. The molecule has 0 saturated heterocycles. The average molecular weight is 236 g/mol. The maximum Gasteiger partial charge on any atom is 0.178 e. The van der Waals surface area contributed by atoms with Gasteiger partial charge in [-0.2, -0.15) is 0 Å². The summed E-state index contributed by atoms with van der Waals surface area (Å²) in [6.07, 6.45) is 5.01. The van der Waals surface area contributed by atoms with Gasteiger partial charge in [-0.05, 0) is 24.3 Å². The topological polar surface area (TPSA) is 34.1 Å². The van der Waals surface area contributed by atoms with Gasteiger partial charge in [0.2, 0.25) is 0 Å². The summed E-state index contributed by atoms with van der Waals surface area (Å²) >= 11 is 0.